The normalized spacial score (nSPS) is 19.7. The van der Waals surface area contributed by atoms with Crippen LogP contribution < -0.4 is 10.5 Å². The quantitative estimate of drug-likeness (QED) is 0.343. The highest BCUT2D eigenvalue weighted by molar-refractivity contribution is 5.93. The third kappa shape index (κ3) is 4.58. The van der Waals surface area contributed by atoms with E-state index in [4.69, 9.17) is 10.00 Å². The lowest BCUT2D eigenvalue weighted by molar-refractivity contribution is -0.147. The summed E-state index contributed by atoms with van der Waals surface area (Å²) in [6.45, 7) is 2.57. The van der Waals surface area contributed by atoms with Crippen molar-refractivity contribution >= 4 is 16.7 Å². The van der Waals surface area contributed by atoms with Crippen LogP contribution in [0.15, 0.2) is 41.5 Å². The number of anilines is 1. The van der Waals surface area contributed by atoms with Crippen molar-refractivity contribution in [2.75, 3.05) is 18.0 Å². The molecule has 4 aromatic rings. The molecule has 0 unspecified atom stereocenters. The average Bonchev–Trinajstić information content (AvgIpc) is 3.65. The third-order valence-corrected chi connectivity index (χ3v) is 7.16. The number of pyridine rings is 1. The number of morpholine rings is 1. The highest BCUT2D eigenvalue weighted by Gasteiger charge is 2.37. The van der Waals surface area contributed by atoms with Crippen molar-refractivity contribution in [3.8, 4) is 17.3 Å². The van der Waals surface area contributed by atoms with Gasteiger partial charge in [0.15, 0.2) is 0 Å². The summed E-state index contributed by atoms with van der Waals surface area (Å²) in [7, 11) is 0.990. The van der Waals surface area contributed by atoms with E-state index in [1.165, 1.54) is 18.2 Å². The first-order chi connectivity index (χ1) is 19.0. The maximum Gasteiger partial charge on any atom is 0.449 e. The van der Waals surface area contributed by atoms with Gasteiger partial charge in [0.2, 0.25) is 5.82 Å². The lowest BCUT2D eigenvalue weighted by Crippen LogP contribution is -2.43. The van der Waals surface area contributed by atoms with Crippen LogP contribution in [0.1, 0.15) is 48.9 Å². The third-order valence-electron chi connectivity index (χ3n) is 7.16. The van der Waals surface area contributed by atoms with Crippen molar-refractivity contribution < 1.29 is 22.3 Å². The lowest BCUT2D eigenvalue weighted by atomic mass is 10.0. The zero-order valence-electron chi connectivity index (χ0n) is 21.5. The van der Waals surface area contributed by atoms with Gasteiger partial charge in [-0.25, -0.2) is 14.4 Å². The Morgan fingerprint density at radius 1 is 1.15 bits per heavy atom. The number of hydrogen-bond acceptors (Lipinski definition) is 7. The Hall–Kier alpha value is -4.31. The maximum atomic E-state index is 15.2. The van der Waals surface area contributed by atoms with Gasteiger partial charge in [0.05, 0.1) is 41.9 Å². The monoisotopic (exact) mass is 553 g/mol. The fraction of sp³-hybridized carbons (Fsp3) is 0.370. The standard InChI is InChI=1S/C27H23F4N7O2/c1-14-11-37(13-21(40-14)16-10-33-38(12-16)17-4-5-17)22-8-19-24(35-26(27(29,30)31)36(2)25(19)39)23(34-22)18-6-3-15(9-32)7-20(18)28/h3,6-8,10,12,14,17,21H,4-5,11,13H2,1-2H3/t14-,21-/m1/s1. The highest BCUT2D eigenvalue weighted by atomic mass is 19.4. The Bertz CT molecular complexity index is 1740. The molecule has 0 N–H and O–H groups in total. The van der Waals surface area contributed by atoms with Gasteiger partial charge in [0, 0.05) is 30.9 Å². The van der Waals surface area contributed by atoms with Crippen molar-refractivity contribution in [3.05, 3.63) is 69.8 Å². The van der Waals surface area contributed by atoms with Crippen LogP contribution in [-0.2, 0) is 18.0 Å². The summed E-state index contributed by atoms with van der Waals surface area (Å²) >= 11 is 0. The van der Waals surface area contributed by atoms with Gasteiger partial charge in [-0.1, -0.05) is 0 Å². The van der Waals surface area contributed by atoms with E-state index in [9.17, 15) is 18.0 Å². The highest BCUT2D eigenvalue weighted by Crippen LogP contribution is 2.37. The molecule has 1 aliphatic carbocycles. The Labute approximate surface area is 225 Å². The molecule has 1 saturated carbocycles. The van der Waals surface area contributed by atoms with Gasteiger partial charge >= 0.3 is 6.18 Å². The molecule has 2 atom stereocenters. The van der Waals surface area contributed by atoms with Crippen molar-refractivity contribution in [2.24, 2.45) is 7.05 Å². The molecule has 0 radical (unpaired) electrons. The summed E-state index contributed by atoms with van der Waals surface area (Å²) < 4.78 is 65.0. The van der Waals surface area contributed by atoms with E-state index < -0.39 is 23.4 Å². The average molecular weight is 554 g/mol. The second kappa shape index (κ2) is 9.41. The summed E-state index contributed by atoms with van der Waals surface area (Å²) in [5, 5.41) is 13.4. The molecular formula is C27H23F4N7O2. The predicted octanol–water partition coefficient (Wildman–Crippen LogP) is 4.52. The van der Waals surface area contributed by atoms with Gasteiger partial charge in [-0.3, -0.25) is 14.0 Å². The number of aromatic nitrogens is 5. The minimum absolute atomic E-state index is 0.0261. The van der Waals surface area contributed by atoms with Crippen LogP contribution in [0.3, 0.4) is 0 Å². The van der Waals surface area contributed by atoms with Gasteiger partial charge in [-0.15, -0.1) is 0 Å². The van der Waals surface area contributed by atoms with E-state index in [1.807, 2.05) is 28.8 Å². The second-order valence-corrected chi connectivity index (χ2v) is 10.2. The van der Waals surface area contributed by atoms with Gasteiger partial charge in [-0.2, -0.15) is 23.5 Å². The zero-order chi connectivity index (χ0) is 28.3. The van der Waals surface area contributed by atoms with E-state index in [0.29, 0.717) is 23.7 Å². The van der Waals surface area contributed by atoms with Crippen LogP contribution >= 0.6 is 0 Å². The molecule has 1 aliphatic heterocycles. The van der Waals surface area contributed by atoms with Crippen molar-refractivity contribution in [3.63, 3.8) is 0 Å². The van der Waals surface area contributed by atoms with E-state index in [0.717, 1.165) is 31.5 Å². The number of halogens is 4. The van der Waals surface area contributed by atoms with Crippen molar-refractivity contribution in [1.29, 1.82) is 5.26 Å². The fourth-order valence-corrected chi connectivity index (χ4v) is 5.02. The Morgan fingerprint density at radius 3 is 2.60 bits per heavy atom. The van der Waals surface area contributed by atoms with Crippen LogP contribution in [-0.4, -0.2) is 43.5 Å². The molecule has 9 nitrogen and oxygen atoms in total. The molecule has 40 heavy (non-hydrogen) atoms. The predicted molar refractivity (Wildman–Crippen MR) is 136 cm³/mol. The molecule has 3 aromatic heterocycles. The van der Waals surface area contributed by atoms with E-state index in [2.05, 4.69) is 15.1 Å². The Morgan fingerprint density at radius 2 is 1.93 bits per heavy atom. The van der Waals surface area contributed by atoms with Gasteiger partial charge in [0.25, 0.3) is 5.56 Å². The SMILES string of the molecule is C[C@@H]1CN(c2cc3c(=O)n(C)c(C(F)(F)F)nc3c(-c3ccc(C#N)cc3F)n2)C[C@H](c2cnn(C3CC3)c2)O1. The molecule has 0 amide bonds. The maximum absolute atomic E-state index is 15.2. The minimum atomic E-state index is -4.93. The lowest BCUT2D eigenvalue weighted by Gasteiger charge is -2.37. The fourth-order valence-electron chi connectivity index (χ4n) is 5.02. The van der Waals surface area contributed by atoms with Crippen LogP contribution in [0, 0.1) is 17.1 Å². The number of rotatable bonds is 4. The first-order valence-electron chi connectivity index (χ1n) is 12.7. The molecule has 4 heterocycles. The minimum Gasteiger partial charge on any atom is -0.367 e. The second-order valence-electron chi connectivity index (χ2n) is 10.2. The molecule has 13 heteroatoms. The molecule has 1 aromatic carbocycles. The van der Waals surface area contributed by atoms with Crippen LogP contribution in [0.2, 0.25) is 0 Å². The number of hydrogen-bond donors (Lipinski definition) is 0. The number of benzene rings is 1. The molecule has 2 fully saturated rings. The van der Waals surface area contributed by atoms with Crippen LogP contribution in [0.25, 0.3) is 22.2 Å². The molecule has 206 valence electrons. The summed E-state index contributed by atoms with van der Waals surface area (Å²) in [6, 6.07) is 7.15. The zero-order valence-corrected chi connectivity index (χ0v) is 21.5. The number of nitrogens with zero attached hydrogens (tertiary/aromatic N) is 7. The van der Waals surface area contributed by atoms with Crippen molar-refractivity contribution in [1.82, 2.24) is 24.3 Å². The Balaban J connectivity index is 1.51. The number of fused-ring (bicyclic) bond motifs is 1. The van der Waals surface area contributed by atoms with Gasteiger partial charge < -0.3 is 9.64 Å². The number of nitriles is 1. The van der Waals surface area contributed by atoms with Crippen molar-refractivity contribution in [2.45, 2.75) is 44.2 Å². The largest absolute Gasteiger partial charge is 0.449 e. The first-order valence-corrected chi connectivity index (χ1v) is 12.7. The number of ether oxygens (including phenoxy) is 1. The first kappa shape index (κ1) is 25.9. The Kier molecular flexibility index (Phi) is 6.10. The summed E-state index contributed by atoms with van der Waals surface area (Å²) in [4.78, 5) is 23.4. The molecule has 0 bridgehead atoms. The van der Waals surface area contributed by atoms with Crippen LogP contribution in [0.5, 0.6) is 0 Å². The summed E-state index contributed by atoms with van der Waals surface area (Å²) in [5.74, 6) is -2.04. The van der Waals surface area contributed by atoms with Gasteiger partial charge in [0.1, 0.15) is 28.9 Å². The smallest absolute Gasteiger partial charge is 0.367 e. The van der Waals surface area contributed by atoms with E-state index in [-0.39, 0.29) is 45.7 Å². The molecule has 1 saturated heterocycles. The molecular weight excluding hydrogens is 530 g/mol. The topological polar surface area (TPSA) is 102 Å². The van der Waals surface area contributed by atoms with Gasteiger partial charge in [-0.05, 0) is 44.0 Å². The van der Waals surface area contributed by atoms with Crippen LogP contribution in [0.4, 0.5) is 23.4 Å². The van der Waals surface area contributed by atoms with E-state index >= 15 is 4.39 Å². The molecule has 2 aliphatic rings. The number of alkyl halides is 3. The molecule has 0 spiro atoms. The summed E-state index contributed by atoms with van der Waals surface area (Å²) in [5.41, 5.74) is -0.836. The van der Waals surface area contributed by atoms with E-state index in [1.54, 1.807) is 6.20 Å². The summed E-state index contributed by atoms with van der Waals surface area (Å²) in [6.07, 6.45) is 0.277. The molecule has 6 rings (SSSR count).